The zero-order valence-corrected chi connectivity index (χ0v) is 10.6. The zero-order chi connectivity index (χ0) is 13.1. The highest BCUT2D eigenvalue weighted by molar-refractivity contribution is 5.90. The van der Waals surface area contributed by atoms with Crippen LogP contribution in [-0.4, -0.2) is 33.8 Å². The van der Waals surface area contributed by atoms with E-state index in [4.69, 9.17) is 0 Å². The summed E-state index contributed by atoms with van der Waals surface area (Å²) in [7, 11) is 0. The number of nitrogens with one attached hydrogen (secondary N) is 1. The molecule has 2 unspecified atom stereocenters. The van der Waals surface area contributed by atoms with E-state index in [2.05, 4.69) is 10.3 Å². The van der Waals surface area contributed by atoms with Gasteiger partial charge in [0.15, 0.2) is 0 Å². The summed E-state index contributed by atoms with van der Waals surface area (Å²) in [6.45, 7) is 4.14. The zero-order valence-electron chi connectivity index (χ0n) is 10.6. The van der Waals surface area contributed by atoms with Crippen LogP contribution >= 0.6 is 0 Å². The van der Waals surface area contributed by atoms with Gasteiger partial charge in [0.25, 0.3) is 0 Å². The van der Waals surface area contributed by atoms with Crippen molar-refractivity contribution in [3.8, 4) is 0 Å². The summed E-state index contributed by atoms with van der Waals surface area (Å²) >= 11 is 0. The largest absolute Gasteiger partial charge is 0.345 e. The Bertz CT molecular complexity index is 447. The van der Waals surface area contributed by atoms with Crippen LogP contribution in [0.15, 0.2) is 24.5 Å². The third kappa shape index (κ3) is 2.67. The lowest BCUT2D eigenvalue weighted by Crippen LogP contribution is -2.44. The van der Waals surface area contributed by atoms with E-state index in [1.54, 1.807) is 24.2 Å². The number of pyridine rings is 1. The van der Waals surface area contributed by atoms with Crippen LogP contribution in [0.2, 0.25) is 0 Å². The average molecular weight is 247 g/mol. The summed E-state index contributed by atoms with van der Waals surface area (Å²) in [6, 6.07) is 3.22. The second-order valence-corrected chi connectivity index (χ2v) is 4.66. The first-order chi connectivity index (χ1) is 8.58. The Balaban J connectivity index is 2.18. The first-order valence-electron chi connectivity index (χ1n) is 6.06. The summed E-state index contributed by atoms with van der Waals surface area (Å²) in [6.07, 6.45) is 3.76. The number of nitrogens with zero attached hydrogens (tertiary/aromatic N) is 2. The summed E-state index contributed by atoms with van der Waals surface area (Å²) < 4.78 is 0. The van der Waals surface area contributed by atoms with E-state index in [9.17, 15) is 9.59 Å². The van der Waals surface area contributed by atoms with Crippen LogP contribution in [0.3, 0.4) is 0 Å². The summed E-state index contributed by atoms with van der Waals surface area (Å²) in [5.74, 6) is -0.106. The monoisotopic (exact) mass is 247 g/mol. The molecular formula is C13H17N3O2. The van der Waals surface area contributed by atoms with Gasteiger partial charge in [-0.25, -0.2) is 0 Å². The van der Waals surface area contributed by atoms with Gasteiger partial charge in [0.2, 0.25) is 11.8 Å². The Morgan fingerprint density at radius 2 is 2.00 bits per heavy atom. The second-order valence-electron chi connectivity index (χ2n) is 4.66. The van der Waals surface area contributed by atoms with E-state index in [0.29, 0.717) is 13.0 Å². The van der Waals surface area contributed by atoms with Crippen LogP contribution in [0, 0.1) is 0 Å². The average Bonchev–Trinajstić information content (AvgIpc) is 2.43. The van der Waals surface area contributed by atoms with Crippen molar-refractivity contribution in [1.82, 2.24) is 15.2 Å². The van der Waals surface area contributed by atoms with Gasteiger partial charge in [-0.3, -0.25) is 14.6 Å². The van der Waals surface area contributed by atoms with Crippen LogP contribution in [0.1, 0.15) is 25.8 Å². The molecule has 0 bridgehead atoms. The molecular weight excluding hydrogens is 230 g/mol. The predicted molar refractivity (Wildman–Crippen MR) is 66.5 cm³/mol. The molecule has 0 saturated carbocycles. The molecule has 2 amide bonds. The van der Waals surface area contributed by atoms with Crippen molar-refractivity contribution in [2.45, 2.75) is 38.9 Å². The van der Waals surface area contributed by atoms with Gasteiger partial charge in [0, 0.05) is 31.4 Å². The number of aromatic nitrogens is 1. The highest BCUT2D eigenvalue weighted by Crippen LogP contribution is 2.15. The molecule has 18 heavy (non-hydrogen) atoms. The molecule has 0 radical (unpaired) electrons. The first-order valence-corrected chi connectivity index (χ1v) is 6.06. The van der Waals surface area contributed by atoms with Crippen molar-refractivity contribution in [3.63, 3.8) is 0 Å². The van der Waals surface area contributed by atoms with E-state index in [1.165, 1.54) is 0 Å². The molecule has 1 fully saturated rings. The van der Waals surface area contributed by atoms with Gasteiger partial charge in [-0.15, -0.1) is 0 Å². The smallest absolute Gasteiger partial charge is 0.245 e. The number of carbonyl (C=O) groups is 2. The standard InChI is InChI=1S/C13H17N3O2/c1-9-7-12(17)15-10(2)13(18)16(9)8-11-3-5-14-6-4-11/h3-6,9-10H,7-8H2,1-2H3,(H,15,17). The van der Waals surface area contributed by atoms with E-state index in [1.807, 2.05) is 19.1 Å². The van der Waals surface area contributed by atoms with Crippen LogP contribution in [0.5, 0.6) is 0 Å². The minimum atomic E-state index is -0.454. The van der Waals surface area contributed by atoms with Crippen molar-refractivity contribution in [2.24, 2.45) is 0 Å². The molecule has 1 N–H and O–H groups in total. The molecule has 1 aliphatic rings. The fraction of sp³-hybridized carbons (Fsp3) is 0.462. The van der Waals surface area contributed by atoms with Crippen molar-refractivity contribution < 1.29 is 9.59 Å². The molecule has 2 atom stereocenters. The maximum absolute atomic E-state index is 12.2. The number of hydrogen-bond donors (Lipinski definition) is 1. The van der Waals surface area contributed by atoms with Gasteiger partial charge in [-0.05, 0) is 31.5 Å². The Morgan fingerprint density at radius 1 is 1.33 bits per heavy atom. The van der Waals surface area contributed by atoms with Crippen molar-refractivity contribution >= 4 is 11.8 Å². The minimum Gasteiger partial charge on any atom is -0.345 e. The lowest BCUT2D eigenvalue weighted by Gasteiger charge is -2.27. The normalized spacial score (nSPS) is 24.7. The third-order valence-electron chi connectivity index (χ3n) is 3.15. The van der Waals surface area contributed by atoms with Gasteiger partial charge < -0.3 is 10.2 Å². The second kappa shape index (κ2) is 5.16. The lowest BCUT2D eigenvalue weighted by atomic mass is 10.1. The molecule has 1 aliphatic heterocycles. The van der Waals surface area contributed by atoms with E-state index >= 15 is 0 Å². The molecule has 2 heterocycles. The minimum absolute atomic E-state index is 0.0369. The fourth-order valence-corrected chi connectivity index (χ4v) is 2.13. The van der Waals surface area contributed by atoms with Gasteiger partial charge >= 0.3 is 0 Å². The van der Waals surface area contributed by atoms with Crippen molar-refractivity contribution in [3.05, 3.63) is 30.1 Å². The number of amides is 2. The highest BCUT2D eigenvalue weighted by atomic mass is 16.2. The van der Waals surface area contributed by atoms with E-state index < -0.39 is 6.04 Å². The fourth-order valence-electron chi connectivity index (χ4n) is 2.13. The Hall–Kier alpha value is -1.91. The molecule has 0 aliphatic carbocycles. The summed E-state index contributed by atoms with van der Waals surface area (Å²) in [4.78, 5) is 29.4. The molecule has 0 spiro atoms. The molecule has 5 nitrogen and oxygen atoms in total. The maximum atomic E-state index is 12.2. The maximum Gasteiger partial charge on any atom is 0.245 e. The predicted octanol–water partition coefficient (Wildman–Crippen LogP) is 0.707. The van der Waals surface area contributed by atoms with Crippen LogP contribution in [-0.2, 0) is 16.1 Å². The topological polar surface area (TPSA) is 62.3 Å². The first kappa shape index (κ1) is 12.5. The summed E-state index contributed by atoms with van der Waals surface area (Å²) in [5.41, 5.74) is 1.02. The van der Waals surface area contributed by atoms with Crippen LogP contribution < -0.4 is 5.32 Å². The number of rotatable bonds is 2. The highest BCUT2D eigenvalue weighted by Gasteiger charge is 2.31. The third-order valence-corrected chi connectivity index (χ3v) is 3.15. The lowest BCUT2D eigenvalue weighted by molar-refractivity contribution is -0.135. The van der Waals surface area contributed by atoms with Gasteiger partial charge in [0.1, 0.15) is 6.04 Å². The molecule has 96 valence electrons. The van der Waals surface area contributed by atoms with Gasteiger partial charge in [-0.1, -0.05) is 0 Å². The van der Waals surface area contributed by atoms with E-state index in [-0.39, 0.29) is 17.9 Å². The van der Waals surface area contributed by atoms with Gasteiger partial charge in [-0.2, -0.15) is 0 Å². The quantitative estimate of drug-likeness (QED) is 0.837. The molecule has 5 heteroatoms. The Morgan fingerprint density at radius 3 is 2.67 bits per heavy atom. The van der Waals surface area contributed by atoms with Crippen LogP contribution in [0.25, 0.3) is 0 Å². The Kier molecular flexibility index (Phi) is 3.60. The van der Waals surface area contributed by atoms with Gasteiger partial charge in [0.05, 0.1) is 0 Å². The SMILES string of the molecule is CC1NC(=O)CC(C)N(Cc2ccncc2)C1=O. The Labute approximate surface area is 106 Å². The molecule has 1 saturated heterocycles. The number of carbonyl (C=O) groups excluding carboxylic acids is 2. The summed E-state index contributed by atoms with van der Waals surface area (Å²) in [5, 5.41) is 2.70. The number of hydrogen-bond acceptors (Lipinski definition) is 3. The van der Waals surface area contributed by atoms with Crippen molar-refractivity contribution in [2.75, 3.05) is 0 Å². The molecule has 0 aromatic carbocycles. The molecule has 1 aromatic rings. The van der Waals surface area contributed by atoms with Crippen LogP contribution in [0.4, 0.5) is 0 Å². The molecule has 2 rings (SSSR count). The molecule has 1 aromatic heterocycles. The van der Waals surface area contributed by atoms with E-state index in [0.717, 1.165) is 5.56 Å². The van der Waals surface area contributed by atoms with Crippen molar-refractivity contribution in [1.29, 1.82) is 0 Å².